The van der Waals surface area contributed by atoms with Gasteiger partial charge in [-0.25, -0.2) is 5.14 Å². The monoisotopic (exact) mass is 317 g/mol. The second kappa shape index (κ2) is 7.22. The molecule has 0 aliphatic carbocycles. The highest BCUT2D eigenvalue weighted by molar-refractivity contribution is 7.84. The van der Waals surface area contributed by atoms with E-state index in [0.717, 1.165) is 11.1 Å². The highest BCUT2D eigenvalue weighted by atomic mass is 32.2. The SMILES string of the molecule is CCC(O)(CC)Oc1c(C)cccc1CCOS(N)(=O)=O. The highest BCUT2D eigenvalue weighted by Gasteiger charge is 2.26. The number of para-hydroxylation sites is 1. The van der Waals surface area contributed by atoms with Gasteiger partial charge in [0, 0.05) is 19.3 Å². The van der Waals surface area contributed by atoms with E-state index in [1.54, 1.807) is 6.07 Å². The van der Waals surface area contributed by atoms with Crippen LogP contribution in [0.4, 0.5) is 0 Å². The van der Waals surface area contributed by atoms with E-state index in [4.69, 9.17) is 9.88 Å². The van der Waals surface area contributed by atoms with Crippen molar-refractivity contribution in [1.82, 2.24) is 0 Å². The average Bonchev–Trinajstić information content (AvgIpc) is 2.41. The smallest absolute Gasteiger partial charge is 0.333 e. The number of hydrogen-bond acceptors (Lipinski definition) is 5. The Bertz CT molecular complexity index is 567. The fraction of sp³-hybridized carbons (Fsp3) is 0.571. The molecule has 0 saturated carbocycles. The van der Waals surface area contributed by atoms with Gasteiger partial charge in [-0.05, 0) is 18.1 Å². The maximum atomic E-state index is 10.8. The summed E-state index contributed by atoms with van der Waals surface area (Å²) in [6, 6.07) is 5.51. The van der Waals surface area contributed by atoms with Crippen LogP contribution in [-0.4, -0.2) is 25.9 Å². The number of aryl methyl sites for hydroxylation is 1. The number of rotatable bonds is 8. The molecule has 0 bridgehead atoms. The van der Waals surface area contributed by atoms with Crippen LogP contribution in [0.25, 0.3) is 0 Å². The summed E-state index contributed by atoms with van der Waals surface area (Å²) in [7, 11) is -3.95. The standard InChI is InChI=1S/C14H23NO5S/c1-4-14(16,5-2)20-13-11(3)7-6-8-12(13)9-10-19-21(15,17)18/h6-8,16H,4-5,9-10H2,1-3H3,(H2,15,17,18). The van der Waals surface area contributed by atoms with Gasteiger partial charge in [-0.15, -0.1) is 0 Å². The predicted molar refractivity (Wildman–Crippen MR) is 80.1 cm³/mol. The van der Waals surface area contributed by atoms with Gasteiger partial charge < -0.3 is 9.84 Å². The fourth-order valence-electron chi connectivity index (χ4n) is 1.91. The molecule has 21 heavy (non-hydrogen) atoms. The summed E-state index contributed by atoms with van der Waals surface area (Å²) in [5, 5.41) is 15.1. The normalized spacial score (nSPS) is 12.4. The van der Waals surface area contributed by atoms with Crippen molar-refractivity contribution in [3.05, 3.63) is 29.3 Å². The van der Waals surface area contributed by atoms with E-state index in [9.17, 15) is 13.5 Å². The first-order chi connectivity index (χ1) is 9.71. The minimum atomic E-state index is -3.95. The summed E-state index contributed by atoms with van der Waals surface area (Å²) < 4.78 is 31.9. The van der Waals surface area contributed by atoms with Crippen molar-refractivity contribution in [2.45, 2.75) is 45.8 Å². The van der Waals surface area contributed by atoms with E-state index in [1.165, 1.54) is 0 Å². The van der Waals surface area contributed by atoms with Gasteiger partial charge in [0.25, 0.3) is 0 Å². The lowest BCUT2D eigenvalue weighted by Gasteiger charge is -2.28. The van der Waals surface area contributed by atoms with Gasteiger partial charge in [-0.2, -0.15) is 8.42 Å². The Labute approximate surface area is 126 Å². The molecule has 120 valence electrons. The van der Waals surface area contributed by atoms with Crippen molar-refractivity contribution < 1.29 is 22.4 Å². The number of hydrogen-bond donors (Lipinski definition) is 2. The van der Waals surface area contributed by atoms with Crippen molar-refractivity contribution >= 4 is 10.3 Å². The predicted octanol–water partition coefficient (Wildman–Crippen LogP) is 1.65. The van der Waals surface area contributed by atoms with Crippen molar-refractivity contribution in [1.29, 1.82) is 0 Å². The first-order valence-corrected chi connectivity index (χ1v) is 8.35. The van der Waals surface area contributed by atoms with Gasteiger partial charge in [-0.1, -0.05) is 32.0 Å². The van der Waals surface area contributed by atoms with Gasteiger partial charge in [0.15, 0.2) is 0 Å². The Morgan fingerprint density at radius 1 is 1.29 bits per heavy atom. The Kier molecular flexibility index (Phi) is 6.15. The van der Waals surface area contributed by atoms with Crippen molar-refractivity contribution in [2.24, 2.45) is 5.14 Å². The summed E-state index contributed by atoms with van der Waals surface area (Å²) in [6.07, 6.45) is 1.22. The summed E-state index contributed by atoms with van der Waals surface area (Å²) in [6.45, 7) is 5.47. The van der Waals surface area contributed by atoms with Crippen LogP contribution in [0.3, 0.4) is 0 Å². The molecule has 0 aromatic heterocycles. The summed E-state index contributed by atoms with van der Waals surface area (Å²) in [5.41, 5.74) is 1.63. The third kappa shape index (κ3) is 5.62. The van der Waals surface area contributed by atoms with Gasteiger partial charge in [-0.3, -0.25) is 4.18 Å². The first-order valence-electron chi connectivity index (χ1n) is 6.88. The summed E-state index contributed by atoms with van der Waals surface area (Å²) in [4.78, 5) is 0. The van der Waals surface area contributed by atoms with Crippen molar-refractivity contribution in [3.63, 3.8) is 0 Å². The molecular weight excluding hydrogens is 294 g/mol. The molecule has 0 aliphatic rings. The minimum Gasteiger partial charge on any atom is -0.462 e. The molecule has 1 aromatic rings. The third-order valence-corrected chi connectivity index (χ3v) is 3.80. The molecule has 3 N–H and O–H groups in total. The summed E-state index contributed by atoms with van der Waals surface area (Å²) in [5.74, 6) is -0.677. The maximum Gasteiger partial charge on any atom is 0.333 e. The number of benzene rings is 1. The topological polar surface area (TPSA) is 98.8 Å². The Balaban J connectivity index is 2.93. The molecule has 0 amide bonds. The van der Waals surface area contributed by atoms with Gasteiger partial charge in [0.1, 0.15) is 5.75 Å². The fourth-order valence-corrected chi connectivity index (χ4v) is 2.22. The largest absolute Gasteiger partial charge is 0.462 e. The van der Waals surface area contributed by atoms with E-state index >= 15 is 0 Å². The molecular formula is C14H23NO5S. The van der Waals surface area contributed by atoms with E-state index in [1.807, 2.05) is 32.9 Å². The Morgan fingerprint density at radius 2 is 1.90 bits per heavy atom. The molecule has 0 fully saturated rings. The molecule has 0 radical (unpaired) electrons. The van der Waals surface area contributed by atoms with Crippen LogP contribution >= 0.6 is 0 Å². The van der Waals surface area contributed by atoms with Crippen LogP contribution in [-0.2, 0) is 20.9 Å². The molecule has 0 heterocycles. The van der Waals surface area contributed by atoms with Gasteiger partial charge in [0.05, 0.1) is 6.61 Å². The second-order valence-corrected chi connectivity index (χ2v) is 6.10. The quantitative estimate of drug-likeness (QED) is 0.710. The van der Waals surface area contributed by atoms with Gasteiger partial charge in [0.2, 0.25) is 5.79 Å². The lowest BCUT2D eigenvalue weighted by Crippen LogP contribution is -2.34. The zero-order valence-corrected chi connectivity index (χ0v) is 13.4. The van der Waals surface area contributed by atoms with Crippen LogP contribution in [0, 0.1) is 6.92 Å². The van der Waals surface area contributed by atoms with Crippen LogP contribution in [0.2, 0.25) is 0 Å². The Morgan fingerprint density at radius 3 is 2.43 bits per heavy atom. The van der Waals surface area contributed by atoms with Crippen LogP contribution < -0.4 is 9.88 Å². The molecule has 0 spiro atoms. The number of aliphatic hydroxyl groups is 1. The third-order valence-electron chi connectivity index (χ3n) is 3.31. The Hall–Kier alpha value is -1.15. The number of ether oxygens (including phenoxy) is 1. The zero-order valence-electron chi connectivity index (χ0n) is 12.6. The molecule has 0 aliphatic heterocycles. The molecule has 0 saturated heterocycles. The molecule has 0 atom stereocenters. The molecule has 6 nitrogen and oxygen atoms in total. The highest BCUT2D eigenvalue weighted by Crippen LogP contribution is 2.29. The van der Waals surface area contributed by atoms with E-state index in [0.29, 0.717) is 25.0 Å². The maximum absolute atomic E-state index is 10.8. The zero-order chi connectivity index (χ0) is 16.1. The molecule has 7 heteroatoms. The van der Waals surface area contributed by atoms with E-state index in [-0.39, 0.29) is 6.61 Å². The first kappa shape index (κ1) is 17.9. The molecule has 0 unspecified atom stereocenters. The average molecular weight is 317 g/mol. The van der Waals surface area contributed by atoms with E-state index in [2.05, 4.69) is 4.18 Å². The van der Waals surface area contributed by atoms with Crippen molar-refractivity contribution in [2.75, 3.05) is 6.61 Å². The van der Waals surface area contributed by atoms with Crippen molar-refractivity contribution in [3.8, 4) is 5.75 Å². The molecule has 1 rings (SSSR count). The minimum absolute atomic E-state index is 0.0741. The number of nitrogens with two attached hydrogens (primary N) is 1. The van der Waals surface area contributed by atoms with Crippen LogP contribution in [0.1, 0.15) is 37.8 Å². The van der Waals surface area contributed by atoms with E-state index < -0.39 is 16.1 Å². The van der Waals surface area contributed by atoms with Gasteiger partial charge >= 0.3 is 10.3 Å². The second-order valence-electron chi connectivity index (χ2n) is 4.88. The van der Waals surface area contributed by atoms with Crippen LogP contribution in [0.5, 0.6) is 5.75 Å². The molecule has 1 aromatic carbocycles. The lowest BCUT2D eigenvalue weighted by molar-refractivity contribution is -0.142. The lowest BCUT2D eigenvalue weighted by atomic mass is 10.1. The summed E-state index contributed by atoms with van der Waals surface area (Å²) >= 11 is 0. The van der Waals surface area contributed by atoms with Crippen LogP contribution in [0.15, 0.2) is 18.2 Å².